The standard InChI is InChI=1S/C24H19N5O3/c1-16-21-22(17-9-8-14-20(15-17)29(31)32)27(18-10-4-2-5-11-18)24(30)25-23(21)28(26-16)19-12-6-3-7-13-19/h2-15,22H,1H3,(H,25,30)/t22-/m0/s1. The van der Waals surface area contributed by atoms with E-state index in [1.807, 2.05) is 67.6 Å². The lowest BCUT2D eigenvalue weighted by Gasteiger charge is -2.36. The maximum absolute atomic E-state index is 13.4. The number of nitro groups is 1. The van der Waals surface area contributed by atoms with Crippen LogP contribution in [0.15, 0.2) is 84.9 Å². The smallest absolute Gasteiger partial charge is 0.291 e. The Balaban J connectivity index is 1.76. The number of amides is 2. The van der Waals surface area contributed by atoms with Crippen molar-refractivity contribution in [3.05, 3.63) is 112 Å². The first-order valence-electron chi connectivity index (χ1n) is 10.1. The summed E-state index contributed by atoms with van der Waals surface area (Å²) in [6.45, 7) is 1.88. The zero-order chi connectivity index (χ0) is 22.2. The first-order chi connectivity index (χ1) is 15.5. The summed E-state index contributed by atoms with van der Waals surface area (Å²) in [5, 5.41) is 19.1. The maximum atomic E-state index is 13.4. The highest BCUT2D eigenvalue weighted by Crippen LogP contribution is 2.43. The highest BCUT2D eigenvalue weighted by atomic mass is 16.6. The predicted molar refractivity (Wildman–Crippen MR) is 121 cm³/mol. The van der Waals surface area contributed by atoms with Crippen LogP contribution in [0.25, 0.3) is 5.69 Å². The second-order valence-electron chi connectivity index (χ2n) is 7.49. The number of aryl methyl sites for hydroxylation is 1. The Kier molecular flexibility index (Phi) is 4.67. The third-order valence-electron chi connectivity index (χ3n) is 5.51. The van der Waals surface area contributed by atoms with E-state index in [1.165, 1.54) is 12.1 Å². The van der Waals surface area contributed by atoms with Crippen molar-refractivity contribution >= 4 is 23.2 Å². The van der Waals surface area contributed by atoms with Gasteiger partial charge in [0.15, 0.2) is 0 Å². The van der Waals surface area contributed by atoms with Crippen LogP contribution in [0.1, 0.15) is 22.9 Å². The molecule has 158 valence electrons. The number of carbonyl (C=O) groups is 1. The van der Waals surface area contributed by atoms with Crippen LogP contribution in [0.4, 0.5) is 22.0 Å². The van der Waals surface area contributed by atoms with Gasteiger partial charge in [-0.2, -0.15) is 5.10 Å². The highest BCUT2D eigenvalue weighted by molar-refractivity contribution is 6.05. The van der Waals surface area contributed by atoms with Gasteiger partial charge in [0.2, 0.25) is 0 Å². The number of carbonyl (C=O) groups excluding carboxylic acids is 1. The SMILES string of the molecule is Cc1nn(-c2ccccc2)c2c1[C@H](c1cccc([N+](=O)[O-])c1)N(c1ccccc1)C(=O)N2. The molecule has 1 atom stereocenters. The Morgan fingerprint density at radius 3 is 2.25 bits per heavy atom. The van der Waals surface area contributed by atoms with E-state index < -0.39 is 11.0 Å². The summed E-state index contributed by atoms with van der Waals surface area (Å²) >= 11 is 0. The average Bonchev–Trinajstić information content (AvgIpc) is 3.15. The van der Waals surface area contributed by atoms with Crippen LogP contribution in [0.3, 0.4) is 0 Å². The molecule has 0 aliphatic carbocycles. The highest BCUT2D eigenvalue weighted by Gasteiger charge is 2.39. The Morgan fingerprint density at radius 1 is 0.938 bits per heavy atom. The van der Waals surface area contributed by atoms with Crippen molar-refractivity contribution in [2.24, 2.45) is 0 Å². The van der Waals surface area contributed by atoms with Gasteiger partial charge in [0, 0.05) is 23.4 Å². The first kappa shape index (κ1) is 19.5. The van der Waals surface area contributed by atoms with Gasteiger partial charge in [-0.15, -0.1) is 0 Å². The number of benzene rings is 3. The van der Waals surface area contributed by atoms with Crippen molar-refractivity contribution in [2.45, 2.75) is 13.0 Å². The average molecular weight is 425 g/mol. The number of hydrogen-bond acceptors (Lipinski definition) is 4. The maximum Gasteiger partial charge on any atom is 0.328 e. The molecule has 1 aromatic heterocycles. The summed E-state index contributed by atoms with van der Waals surface area (Å²) in [6.07, 6.45) is 0. The van der Waals surface area contributed by atoms with Crippen molar-refractivity contribution < 1.29 is 9.72 Å². The number of para-hydroxylation sites is 2. The second kappa shape index (κ2) is 7.66. The molecule has 0 radical (unpaired) electrons. The largest absolute Gasteiger partial charge is 0.328 e. The fourth-order valence-corrected chi connectivity index (χ4v) is 4.13. The number of hydrogen-bond donors (Lipinski definition) is 1. The van der Waals surface area contributed by atoms with E-state index in [2.05, 4.69) is 5.32 Å². The molecule has 8 heteroatoms. The van der Waals surface area contributed by atoms with Crippen LogP contribution in [0.5, 0.6) is 0 Å². The molecule has 0 saturated carbocycles. The molecule has 3 aromatic carbocycles. The number of aromatic nitrogens is 2. The molecule has 0 bridgehead atoms. The molecule has 0 unspecified atom stereocenters. The Hall–Kier alpha value is -4.46. The van der Waals surface area contributed by atoms with Gasteiger partial charge in [0.25, 0.3) is 5.69 Å². The number of fused-ring (bicyclic) bond motifs is 1. The zero-order valence-electron chi connectivity index (χ0n) is 17.2. The molecule has 2 amide bonds. The van der Waals surface area contributed by atoms with E-state index in [4.69, 9.17) is 5.10 Å². The number of nitrogens with zero attached hydrogens (tertiary/aromatic N) is 4. The third-order valence-corrected chi connectivity index (χ3v) is 5.51. The normalized spacial score (nSPS) is 15.2. The van der Waals surface area contributed by atoms with Crippen LogP contribution in [-0.2, 0) is 0 Å². The van der Waals surface area contributed by atoms with Crippen LogP contribution in [0, 0.1) is 17.0 Å². The van der Waals surface area contributed by atoms with E-state index in [9.17, 15) is 14.9 Å². The summed E-state index contributed by atoms with van der Waals surface area (Å²) in [7, 11) is 0. The second-order valence-corrected chi connectivity index (χ2v) is 7.49. The van der Waals surface area contributed by atoms with Gasteiger partial charge in [0.05, 0.1) is 22.3 Å². The fraction of sp³-hybridized carbons (Fsp3) is 0.0833. The minimum atomic E-state index is -0.585. The van der Waals surface area contributed by atoms with E-state index >= 15 is 0 Å². The lowest BCUT2D eigenvalue weighted by atomic mass is 9.94. The summed E-state index contributed by atoms with van der Waals surface area (Å²) in [5.41, 5.74) is 3.60. The minimum Gasteiger partial charge on any atom is -0.291 e. The van der Waals surface area contributed by atoms with Gasteiger partial charge >= 0.3 is 6.03 Å². The van der Waals surface area contributed by atoms with Crippen LogP contribution >= 0.6 is 0 Å². The van der Waals surface area contributed by atoms with Gasteiger partial charge in [-0.25, -0.2) is 9.48 Å². The number of anilines is 2. The molecule has 0 fully saturated rings. The van der Waals surface area contributed by atoms with Crippen molar-refractivity contribution in [2.75, 3.05) is 10.2 Å². The Morgan fingerprint density at radius 2 is 1.59 bits per heavy atom. The summed E-state index contributed by atoms with van der Waals surface area (Å²) in [4.78, 5) is 26.0. The Bertz CT molecular complexity index is 1320. The van der Waals surface area contributed by atoms with Crippen LogP contribution in [0.2, 0.25) is 0 Å². The molecular formula is C24H19N5O3. The van der Waals surface area contributed by atoms with Gasteiger partial charge in [-0.05, 0) is 36.8 Å². The van der Waals surface area contributed by atoms with Crippen LogP contribution in [-0.4, -0.2) is 20.7 Å². The molecule has 0 saturated heterocycles. The van der Waals surface area contributed by atoms with Crippen molar-refractivity contribution in [1.82, 2.24) is 9.78 Å². The predicted octanol–water partition coefficient (Wildman–Crippen LogP) is 5.23. The van der Waals surface area contributed by atoms with Crippen molar-refractivity contribution in [3.63, 3.8) is 0 Å². The number of urea groups is 1. The molecule has 32 heavy (non-hydrogen) atoms. The summed E-state index contributed by atoms with van der Waals surface area (Å²) < 4.78 is 1.70. The van der Waals surface area contributed by atoms with E-state index in [0.29, 0.717) is 17.1 Å². The van der Waals surface area contributed by atoms with Gasteiger partial charge in [-0.1, -0.05) is 48.5 Å². The zero-order valence-corrected chi connectivity index (χ0v) is 17.2. The fourth-order valence-electron chi connectivity index (χ4n) is 4.13. The van der Waals surface area contributed by atoms with E-state index in [1.54, 1.807) is 21.7 Å². The number of non-ortho nitro benzene ring substituents is 1. The molecule has 0 spiro atoms. The first-order valence-corrected chi connectivity index (χ1v) is 10.1. The topological polar surface area (TPSA) is 93.3 Å². The molecule has 1 N–H and O–H groups in total. The van der Waals surface area contributed by atoms with Gasteiger partial charge in [-0.3, -0.25) is 20.3 Å². The molecule has 1 aliphatic heterocycles. The van der Waals surface area contributed by atoms with Gasteiger partial charge in [0.1, 0.15) is 5.82 Å². The lowest BCUT2D eigenvalue weighted by molar-refractivity contribution is -0.384. The Labute approximate surface area is 183 Å². The van der Waals surface area contributed by atoms with Gasteiger partial charge < -0.3 is 0 Å². The molecule has 2 heterocycles. The third kappa shape index (κ3) is 3.18. The van der Waals surface area contributed by atoms with E-state index in [0.717, 1.165) is 16.9 Å². The van der Waals surface area contributed by atoms with E-state index in [-0.39, 0.29) is 11.7 Å². The van der Waals surface area contributed by atoms with Crippen LogP contribution < -0.4 is 10.2 Å². The molecular weight excluding hydrogens is 406 g/mol. The lowest BCUT2D eigenvalue weighted by Crippen LogP contribution is -2.43. The monoisotopic (exact) mass is 425 g/mol. The summed E-state index contributed by atoms with van der Waals surface area (Å²) in [5.74, 6) is 0.558. The molecule has 4 aromatic rings. The molecule has 1 aliphatic rings. The quantitative estimate of drug-likeness (QED) is 0.358. The minimum absolute atomic E-state index is 0.0313. The van der Waals surface area contributed by atoms with Crippen molar-refractivity contribution in [3.8, 4) is 5.69 Å². The molecule has 5 rings (SSSR count). The number of rotatable bonds is 4. The summed E-state index contributed by atoms with van der Waals surface area (Å²) in [6, 6.07) is 24.3. The molecule has 8 nitrogen and oxygen atoms in total. The number of nitrogens with one attached hydrogen (secondary N) is 1. The van der Waals surface area contributed by atoms with Crippen molar-refractivity contribution in [1.29, 1.82) is 0 Å². The number of nitro benzene ring substituents is 1.